The number of unbranched alkanes of at least 4 members (excludes halogenated alkanes) is 3. The predicted molar refractivity (Wildman–Crippen MR) is 131 cm³/mol. The van der Waals surface area contributed by atoms with Gasteiger partial charge in [0.05, 0.1) is 10.8 Å². The van der Waals surface area contributed by atoms with Crippen LogP contribution in [0.3, 0.4) is 0 Å². The summed E-state index contributed by atoms with van der Waals surface area (Å²) in [7, 11) is 0. The van der Waals surface area contributed by atoms with Gasteiger partial charge in [-0.25, -0.2) is 0 Å². The fourth-order valence-corrected chi connectivity index (χ4v) is 4.91. The normalized spacial score (nSPS) is 12.0. The van der Waals surface area contributed by atoms with Crippen molar-refractivity contribution in [2.45, 2.75) is 56.5 Å². The number of hydrogen-bond acceptors (Lipinski definition) is 6. The first-order valence-corrected chi connectivity index (χ1v) is 12.6. The van der Waals surface area contributed by atoms with Crippen molar-refractivity contribution in [2.75, 3.05) is 5.32 Å². The highest BCUT2D eigenvalue weighted by molar-refractivity contribution is 8.00. The van der Waals surface area contributed by atoms with Crippen molar-refractivity contribution in [2.24, 2.45) is 5.73 Å². The summed E-state index contributed by atoms with van der Waals surface area (Å²) in [6.45, 7) is 4.74. The average Bonchev–Trinajstić information content (AvgIpc) is 3.39. The van der Waals surface area contributed by atoms with Crippen LogP contribution in [0.4, 0.5) is 5.00 Å². The molecule has 0 radical (unpaired) electrons. The number of nitrogens with one attached hydrogen (secondary N) is 1. The van der Waals surface area contributed by atoms with Crippen molar-refractivity contribution in [1.29, 1.82) is 0 Å². The summed E-state index contributed by atoms with van der Waals surface area (Å²) in [4.78, 5) is 24.3. The molecule has 3 aromatic rings. The lowest BCUT2D eigenvalue weighted by Gasteiger charge is -2.14. The minimum atomic E-state index is -0.568. The molecule has 0 aliphatic heterocycles. The zero-order valence-electron chi connectivity index (χ0n) is 18.0. The number of carbonyl (C=O) groups is 2. The third-order valence-corrected chi connectivity index (χ3v) is 7.04. The molecule has 1 atom stereocenters. The quantitative estimate of drug-likeness (QED) is 0.274. The molecule has 0 aliphatic carbocycles. The van der Waals surface area contributed by atoms with Crippen molar-refractivity contribution < 1.29 is 9.59 Å². The summed E-state index contributed by atoms with van der Waals surface area (Å²) >= 11 is 8.64. The average molecular weight is 492 g/mol. The van der Waals surface area contributed by atoms with E-state index in [1.807, 2.05) is 24.3 Å². The van der Waals surface area contributed by atoms with E-state index < -0.39 is 11.2 Å². The summed E-state index contributed by atoms with van der Waals surface area (Å²) in [5, 5.41) is 14.6. The van der Waals surface area contributed by atoms with E-state index >= 15 is 0 Å². The van der Waals surface area contributed by atoms with Crippen LogP contribution in [0, 0.1) is 0 Å². The number of anilines is 1. The lowest BCUT2D eigenvalue weighted by Crippen LogP contribution is -2.24. The van der Waals surface area contributed by atoms with Gasteiger partial charge in [-0.15, -0.1) is 21.5 Å². The fraction of sp³-hybridized carbons (Fsp3) is 0.364. The Morgan fingerprint density at radius 1 is 1.19 bits per heavy atom. The van der Waals surface area contributed by atoms with Crippen LogP contribution in [-0.4, -0.2) is 31.8 Å². The van der Waals surface area contributed by atoms with Gasteiger partial charge >= 0.3 is 0 Å². The van der Waals surface area contributed by atoms with Gasteiger partial charge in [-0.3, -0.25) is 9.59 Å². The summed E-state index contributed by atoms with van der Waals surface area (Å²) in [5.41, 5.74) is 6.60. The van der Waals surface area contributed by atoms with E-state index in [1.54, 1.807) is 18.4 Å². The van der Waals surface area contributed by atoms with Gasteiger partial charge in [0.1, 0.15) is 5.00 Å². The molecule has 0 fully saturated rings. The number of hydrogen-bond donors (Lipinski definition) is 2. The van der Waals surface area contributed by atoms with E-state index in [9.17, 15) is 9.59 Å². The smallest absolute Gasteiger partial charge is 0.251 e. The van der Waals surface area contributed by atoms with Crippen LogP contribution in [0.25, 0.3) is 11.4 Å². The summed E-state index contributed by atoms with van der Waals surface area (Å²) in [5.74, 6) is -0.0441. The second kappa shape index (κ2) is 11.5. The number of amides is 2. The Hall–Kier alpha value is -2.36. The molecule has 1 unspecified atom stereocenters. The predicted octanol–water partition coefficient (Wildman–Crippen LogP) is 5.46. The molecule has 3 rings (SSSR count). The standard InChI is InChI=1S/C22H26ClN5O2S2/c1-3-4-5-6-12-28-19(15-7-9-16(23)10-8-15)26-27-22(28)32-14(2)20(30)25-21-17(18(24)29)11-13-31-21/h7-11,13-14H,3-6,12H2,1-2H3,(H2,24,29)(H,25,30). The summed E-state index contributed by atoms with van der Waals surface area (Å²) in [6.07, 6.45) is 4.44. The van der Waals surface area contributed by atoms with Crippen LogP contribution in [-0.2, 0) is 11.3 Å². The summed E-state index contributed by atoms with van der Waals surface area (Å²) in [6, 6.07) is 9.09. The molecule has 2 aromatic heterocycles. The first kappa shape index (κ1) is 24.3. The summed E-state index contributed by atoms with van der Waals surface area (Å²) < 4.78 is 2.06. The van der Waals surface area contributed by atoms with Crippen LogP contribution in [0.5, 0.6) is 0 Å². The fourth-order valence-electron chi connectivity index (χ4n) is 3.11. The minimum Gasteiger partial charge on any atom is -0.366 e. The number of nitrogens with two attached hydrogens (primary N) is 1. The molecule has 170 valence electrons. The Balaban J connectivity index is 1.77. The van der Waals surface area contributed by atoms with Crippen LogP contribution in [0.1, 0.15) is 49.9 Å². The Kier molecular flexibility index (Phi) is 8.72. The Bertz CT molecular complexity index is 1060. The highest BCUT2D eigenvalue weighted by Gasteiger charge is 2.22. The van der Waals surface area contributed by atoms with Gasteiger partial charge in [0, 0.05) is 17.1 Å². The molecule has 10 heteroatoms. The second-order valence-electron chi connectivity index (χ2n) is 7.30. The number of primary amides is 1. The van der Waals surface area contributed by atoms with Crippen LogP contribution < -0.4 is 11.1 Å². The van der Waals surface area contributed by atoms with Gasteiger partial charge < -0.3 is 15.6 Å². The molecule has 2 amide bonds. The van der Waals surface area contributed by atoms with E-state index in [1.165, 1.54) is 29.5 Å². The Morgan fingerprint density at radius 3 is 2.62 bits per heavy atom. The lowest BCUT2D eigenvalue weighted by atomic mass is 10.2. The molecule has 1 aromatic carbocycles. The van der Waals surface area contributed by atoms with Gasteiger partial charge in [-0.1, -0.05) is 49.5 Å². The maximum atomic E-state index is 12.8. The highest BCUT2D eigenvalue weighted by atomic mass is 35.5. The number of carbonyl (C=O) groups excluding carboxylic acids is 2. The molecule has 0 saturated heterocycles. The number of benzene rings is 1. The number of thiophene rings is 1. The van der Waals surface area contributed by atoms with Gasteiger partial charge in [0.15, 0.2) is 11.0 Å². The van der Waals surface area contributed by atoms with Crippen LogP contribution in [0.15, 0.2) is 40.9 Å². The van der Waals surface area contributed by atoms with Crippen LogP contribution in [0.2, 0.25) is 5.02 Å². The molecule has 0 bridgehead atoms. The zero-order chi connectivity index (χ0) is 23.1. The van der Waals surface area contributed by atoms with E-state index in [2.05, 4.69) is 27.0 Å². The van der Waals surface area contributed by atoms with Crippen molar-refractivity contribution in [3.05, 3.63) is 46.3 Å². The molecule has 0 spiro atoms. The first-order valence-electron chi connectivity index (χ1n) is 10.4. The monoisotopic (exact) mass is 491 g/mol. The van der Waals surface area contributed by atoms with E-state index in [-0.39, 0.29) is 5.91 Å². The van der Waals surface area contributed by atoms with Crippen molar-refractivity contribution in [3.63, 3.8) is 0 Å². The SMILES string of the molecule is CCCCCCn1c(SC(C)C(=O)Nc2sccc2C(N)=O)nnc1-c1ccc(Cl)cc1. The molecule has 0 aliphatic rings. The third-order valence-electron chi connectivity index (χ3n) is 4.87. The maximum absolute atomic E-state index is 12.8. The second-order valence-corrected chi connectivity index (χ2v) is 9.96. The van der Waals surface area contributed by atoms with Crippen molar-refractivity contribution >= 4 is 51.5 Å². The van der Waals surface area contributed by atoms with Crippen molar-refractivity contribution in [3.8, 4) is 11.4 Å². The first-order chi connectivity index (χ1) is 15.4. The lowest BCUT2D eigenvalue weighted by molar-refractivity contribution is -0.115. The van der Waals surface area contributed by atoms with Gasteiger partial charge in [0.25, 0.3) is 5.91 Å². The largest absolute Gasteiger partial charge is 0.366 e. The maximum Gasteiger partial charge on any atom is 0.251 e. The van der Waals surface area contributed by atoms with Gasteiger partial charge in [-0.05, 0) is 49.1 Å². The Morgan fingerprint density at radius 2 is 1.94 bits per heavy atom. The van der Waals surface area contributed by atoms with Gasteiger partial charge in [-0.2, -0.15) is 0 Å². The molecular formula is C22H26ClN5O2S2. The van der Waals surface area contributed by atoms with E-state index in [0.29, 0.717) is 20.7 Å². The van der Waals surface area contributed by atoms with Crippen molar-refractivity contribution in [1.82, 2.24) is 14.8 Å². The topological polar surface area (TPSA) is 103 Å². The van der Waals surface area contributed by atoms with E-state index in [0.717, 1.165) is 37.2 Å². The number of halogens is 1. The highest BCUT2D eigenvalue weighted by Crippen LogP contribution is 2.30. The zero-order valence-corrected chi connectivity index (χ0v) is 20.4. The van der Waals surface area contributed by atoms with Gasteiger partial charge in [0.2, 0.25) is 5.91 Å². The molecule has 2 heterocycles. The number of thioether (sulfide) groups is 1. The number of aromatic nitrogens is 3. The van der Waals surface area contributed by atoms with E-state index in [4.69, 9.17) is 17.3 Å². The molecule has 0 saturated carbocycles. The molecular weight excluding hydrogens is 466 g/mol. The van der Waals surface area contributed by atoms with Crippen LogP contribution >= 0.6 is 34.7 Å². The third kappa shape index (κ3) is 6.11. The minimum absolute atomic E-state index is 0.228. The number of rotatable bonds is 11. The molecule has 7 nitrogen and oxygen atoms in total. The number of nitrogens with zero attached hydrogens (tertiary/aromatic N) is 3. The molecule has 3 N–H and O–H groups in total. The Labute approximate surface area is 200 Å². The molecule has 32 heavy (non-hydrogen) atoms.